The van der Waals surface area contributed by atoms with Crippen LogP contribution >= 0.6 is 0 Å². The number of aromatic nitrogens is 1. The third-order valence-electron chi connectivity index (χ3n) is 4.25. The Bertz CT molecular complexity index is 976. The average Bonchev–Trinajstić information content (AvgIpc) is 2.61. The summed E-state index contributed by atoms with van der Waals surface area (Å²) in [5.41, 5.74) is 10.3. The van der Waals surface area contributed by atoms with Crippen molar-refractivity contribution >= 4 is 11.8 Å². The highest BCUT2D eigenvalue weighted by molar-refractivity contribution is 5.73. The average molecular weight is 392 g/mol. The fourth-order valence-electron chi connectivity index (χ4n) is 2.86. The molecular formula is C19H16F4N4O. The van der Waals surface area contributed by atoms with E-state index in [2.05, 4.69) is 26.6 Å². The second kappa shape index (κ2) is 7.03. The summed E-state index contributed by atoms with van der Waals surface area (Å²) in [6.45, 7) is 1.38. The largest absolute Gasteiger partial charge is 0.452 e. The van der Waals surface area contributed by atoms with Gasteiger partial charge in [0.15, 0.2) is 6.10 Å². The molecule has 9 heteroatoms. The third-order valence-corrected chi connectivity index (χ3v) is 4.25. The number of aliphatic imine (C=N–C) groups is 1. The first kappa shape index (κ1) is 19.5. The predicted molar refractivity (Wildman–Crippen MR) is 95.5 cm³/mol. The van der Waals surface area contributed by atoms with E-state index < -0.39 is 36.1 Å². The van der Waals surface area contributed by atoms with Gasteiger partial charge < -0.3 is 16.2 Å². The van der Waals surface area contributed by atoms with Crippen LogP contribution in [0.15, 0.2) is 41.5 Å². The van der Waals surface area contributed by atoms with Gasteiger partial charge in [-0.15, -0.1) is 0 Å². The Kier molecular flexibility index (Phi) is 4.89. The maximum atomic E-state index is 14.5. The van der Waals surface area contributed by atoms with Crippen molar-refractivity contribution in [3.05, 3.63) is 59.0 Å². The molecule has 0 spiro atoms. The fraction of sp³-hybridized carbons (Fsp3) is 0.263. The molecule has 0 bridgehead atoms. The normalized spacial score (nSPS) is 21.9. The summed E-state index contributed by atoms with van der Waals surface area (Å²) in [5.74, 6) is 5.30. The molecule has 1 aromatic heterocycles. The number of amidine groups is 1. The highest BCUT2D eigenvalue weighted by Gasteiger charge is 2.50. The maximum Gasteiger partial charge on any atom is 0.425 e. The van der Waals surface area contributed by atoms with Crippen LogP contribution in [0.2, 0.25) is 0 Å². The number of anilines is 1. The van der Waals surface area contributed by atoms with Crippen LogP contribution < -0.4 is 11.5 Å². The molecule has 28 heavy (non-hydrogen) atoms. The smallest absolute Gasteiger partial charge is 0.425 e. The van der Waals surface area contributed by atoms with Gasteiger partial charge in [-0.1, -0.05) is 11.8 Å². The molecule has 0 radical (unpaired) electrons. The Balaban J connectivity index is 1.97. The molecule has 1 aliphatic rings. The standard InChI is InChI=1S/C19H16F4N4O/c1-18(9-15(19(21,22)23)28-17(25)27-18)13-8-11(4-6-14(13)20)2-3-12-5-7-16(24)26-10-12/h4-8,10,15H,9H2,1H3,(H2,24,26)(H2,25,27). The third kappa shape index (κ3) is 4.17. The van der Waals surface area contributed by atoms with Crippen molar-refractivity contribution in [3.63, 3.8) is 0 Å². The summed E-state index contributed by atoms with van der Waals surface area (Å²) >= 11 is 0. The van der Waals surface area contributed by atoms with Crippen LogP contribution in [0.1, 0.15) is 30.0 Å². The van der Waals surface area contributed by atoms with Crippen LogP contribution in [0.25, 0.3) is 0 Å². The lowest BCUT2D eigenvalue weighted by atomic mass is 9.84. The number of benzene rings is 1. The molecule has 146 valence electrons. The minimum absolute atomic E-state index is 0.0461. The van der Waals surface area contributed by atoms with Crippen molar-refractivity contribution in [2.45, 2.75) is 31.2 Å². The number of rotatable bonds is 1. The zero-order valence-corrected chi connectivity index (χ0v) is 14.7. The van der Waals surface area contributed by atoms with Gasteiger partial charge in [0, 0.05) is 29.3 Å². The van der Waals surface area contributed by atoms with Gasteiger partial charge in [0.2, 0.25) is 0 Å². The summed E-state index contributed by atoms with van der Waals surface area (Å²) in [6, 6.07) is 6.53. The number of nitrogen functional groups attached to an aromatic ring is 1. The van der Waals surface area contributed by atoms with Crippen LogP contribution in [-0.2, 0) is 10.3 Å². The van der Waals surface area contributed by atoms with Crippen LogP contribution in [-0.4, -0.2) is 23.3 Å². The van der Waals surface area contributed by atoms with Gasteiger partial charge >= 0.3 is 6.18 Å². The van der Waals surface area contributed by atoms with Crippen molar-refractivity contribution in [1.29, 1.82) is 0 Å². The van der Waals surface area contributed by atoms with Gasteiger partial charge in [0.25, 0.3) is 6.02 Å². The Morgan fingerprint density at radius 3 is 2.46 bits per heavy atom. The van der Waals surface area contributed by atoms with E-state index in [0.29, 0.717) is 16.9 Å². The van der Waals surface area contributed by atoms with Gasteiger partial charge in [0.05, 0.1) is 5.54 Å². The Labute approximate surface area is 158 Å². The molecule has 1 aliphatic heterocycles. The molecule has 1 aromatic carbocycles. The summed E-state index contributed by atoms with van der Waals surface area (Å²) in [4.78, 5) is 7.85. The van der Waals surface area contributed by atoms with Gasteiger partial charge in [0.1, 0.15) is 11.6 Å². The van der Waals surface area contributed by atoms with Crippen LogP contribution in [0.5, 0.6) is 0 Å². The van der Waals surface area contributed by atoms with Crippen molar-refractivity contribution in [1.82, 2.24) is 4.98 Å². The Morgan fingerprint density at radius 1 is 1.14 bits per heavy atom. The number of hydrogen-bond acceptors (Lipinski definition) is 5. The summed E-state index contributed by atoms with van der Waals surface area (Å²) < 4.78 is 58.4. The minimum atomic E-state index is -4.65. The molecule has 0 saturated heterocycles. The number of nitrogens with two attached hydrogens (primary N) is 2. The Morgan fingerprint density at radius 2 is 1.82 bits per heavy atom. The molecule has 2 atom stereocenters. The zero-order valence-electron chi connectivity index (χ0n) is 14.7. The van der Waals surface area contributed by atoms with E-state index in [4.69, 9.17) is 11.5 Å². The second-order valence-electron chi connectivity index (χ2n) is 6.49. The van der Waals surface area contributed by atoms with Crippen molar-refractivity contribution in [2.24, 2.45) is 10.7 Å². The molecule has 4 N–H and O–H groups in total. The van der Waals surface area contributed by atoms with Gasteiger partial charge in [-0.05, 0) is 37.3 Å². The molecule has 3 rings (SSSR count). The van der Waals surface area contributed by atoms with Gasteiger partial charge in [-0.2, -0.15) is 13.2 Å². The second-order valence-corrected chi connectivity index (χ2v) is 6.49. The lowest BCUT2D eigenvalue weighted by Crippen LogP contribution is -2.46. The highest BCUT2D eigenvalue weighted by atomic mass is 19.4. The van der Waals surface area contributed by atoms with Crippen molar-refractivity contribution in [3.8, 4) is 11.8 Å². The quantitative estimate of drug-likeness (QED) is 0.577. The lowest BCUT2D eigenvalue weighted by molar-refractivity contribution is -0.208. The van der Waals surface area contributed by atoms with Gasteiger partial charge in [-0.25, -0.2) is 14.4 Å². The van der Waals surface area contributed by atoms with Crippen molar-refractivity contribution < 1.29 is 22.3 Å². The number of nitrogens with zero attached hydrogens (tertiary/aromatic N) is 2. The minimum Gasteiger partial charge on any atom is -0.452 e. The van der Waals surface area contributed by atoms with Crippen LogP contribution in [0, 0.1) is 17.7 Å². The summed E-state index contributed by atoms with van der Waals surface area (Å²) in [5, 5.41) is 0. The monoisotopic (exact) mass is 392 g/mol. The molecule has 0 fully saturated rings. The summed E-state index contributed by atoms with van der Waals surface area (Å²) in [7, 11) is 0. The van der Waals surface area contributed by atoms with E-state index in [-0.39, 0.29) is 5.56 Å². The molecule has 0 saturated carbocycles. The molecule has 2 heterocycles. The number of pyridine rings is 1. The van der Waals surface area contributed by atoms with E-state index in [9.17, 15) is 17.6 Å². The predicted octanol–water partition coefficient (Wildman–Crippen LogP) is 3.08. The summed E-state index contributed by atoms with van der Waals surface area (Å²) in [6.07, 6.45) is -5.96. The number of ether oxygens (including phenoxy) is 1. The number of alkyl halides is 3. The fourth-order valence-corrected chi connectivity index (χ4v) is 2.86. The first-order valence-corrected chi connectivity index (χ1v) is 8.19. The van der Waals surface area contributed by atoms with E-state index >= 15 is 0 Å². The van der Waals surface area contributed by atoms with Crippen LogP contribution in [0.4, 0.5) is 23.4 Å². The first-order valence-electron chi connectivity index (χ1n) is 8.19. The lowest BCUT2D eigenvalue weighted by Gasteiger charge is -2.35. The molecule has 0 amide bonds. The molecule has 2 unspecified atom stereocenters. The van der Waals surface area contributed by atoms with Gasteiger partial charge in [-0.3, -0.25) is 0 Å². The molecule has 0 aliphatic carbocycles. The molecule has 2 aromatic rings. The highest BCUT2D eigenvalue weighted by Crippen LogP contribution is 2.40. The topological polar surface area (TPSA) is 86.5 Å². The van der Waals surface area contributed by atoms with E-state index in [1.807, 2.05) is 0 Å². The number of hydrogen-bond donors (Lipinski definition) is 2. The van der Waals surface area contributed by atoms with Crippen LogP contribution in [0.3, 0.4) is 0 Å². The first-order chi connectivity index (χ1) is 13.1. The van der Waals surface area contributed by atoms with Crippen molar-refractivity contribution in [2.75, 3.05) is 5.73 Å². The zero-order chi connectivity index (χ0) is 20.5. The van der Waals surface area contributed by atoms with E-state index in [0.717, 1.165) is 6.07 Å². The number of halogens is 4. The molecular weight excluding hydrogens is 376 g/mol. The van der Waals surface area contributed by atoms with E-state index in [1.54, 1.807) is 12.1 Å². The maximum absolute atomic E-state index is 14.5. The molecule has 5 nitrogen and oxygen atoms in total. The SMILES string of the molecule is CC1(c2cc(C#Cc3ccc(N)nc3)ccc2F)CC(C(F)(F)F)OC(N)=N1. The Hall–Kier alpha value is -3.28. The van der Waals surface area contributed by atoms with E-state index in [1.165, 1.54) is 25.3 Å².